The SMILES string of the molecule is Cc1ccc(C(O)=C2C(=O)C(=O)N(c3nc4ccccc4s3)[C@@H]2c2ccccc2Cl)cc1. The van der Waals surface area contributed by atoms with Crippen LogP contribution in [0.4, 0.5) is 5.13 Å². The molecule has 1 aromatic heterocycles. The maximum atomic E-state index is 13.2. The maximum Gasteiger partial charge on any atom is 0.301 e. The molecule has 1 fully saturated rings. The van der Waals surface area contributed by atoms with E-state index in [0.29, 0.717) is 21.3 Å². The van der Waals surface area contributed by atoms with Gasteiger partial charge in [0.1, 0.15) is 5.76 Å². The third-order valence-electron chi connectivity index (χ3n) is 5.46. The number of thiazole rings is 1. The van der Waals surface area contributed by atoms with E-state index >= 15 is 0 Å². The Labute approximate surface area is 193 Å². The van der Waals surface area contributed by atoms with Crippen molar-refractivity contribution < 1.29 is 14.7 Å². The van der Waals surface area contributed by atoms with E-state index in [-0.39, 0.29) is 11.3 Å². The van der Waals surface area contributed by atoms with E-state index in [1.54, 1.807) is 36.4 Å². The van der Waals surface area contributed by atoms with Crippen LogP contribution < -0.4 is 4.90 Å². The van der Waals surface area contributed by atoms with Crippen LogP contribution in [0.1, 0.15) is 22.7 Å². The van der Waals surface area contributed by atoms with Crippen molar-refractivity contribution in [2.45, 2.75) is 13.0 Å². The van der Waals surface area contributed by atoms with Gasteiger partial charge in [-0.2, -0.15) is 0 Å². The predicted molar refractivity (Wildman–Crippen MR) is 127 cm³/mol. The van der Waals surface area contributed by atoms with Crippen LogP contribution in [0.3, 0.4) is 0 Å². The van der Waals surface area contributed by atoms with Gasteiger partial charge in [-0.25, -0.2) is 4.98 Å². The molecule has 1 amide bonds. The van der Waals surface area contributed by atoms with Gasteiger partial charge in [0.25, 0.3) is 5.78 Å². The van der Waals surface area contributed by atoms with Crippen LogP contribution in [0.2, 0.25) is 5.02 Å². The molecule has 1 N–H and O–H groups in total. The second-order valence-corrected chi connectivity index (χ2v) is 8.94. The molecular formula is C25H17ClN2O3S. The smallest absolute Gasteiger partial charge is 0.301 e. The molecule has 1 atom stereocenters. The van der Waals surface area contributed by atoms with Crippen LogP contribution in [0.5, 0.6) is 0 Å². The zero-order valence-corrected chi connectivity index (χ0v) is 18.5. The standard InChI is InChI=1S/C25H17ClN2O3S/c1-14-10-12-15(13-11-14)22(29)20-21(16-6-2-3-7-17(16)26)28(24(31)23(20)30)25-27-18-8-4-5-9-19(18)32-25/h2-13,21,29H,1H3/t21-/m1/s1. The number of halogens is 1. The number of para-hydroxylation sites is 1. The van der Waals surface area contributed by atoms with Crippen molar-refractivity contribution in [1.82, 2.24) is 4.98 Å². The first-order valence-corrected chi connectivity index (χ1v) is 11.1. The highest BCUT2D eigenvalue weighted by molar-refractivity contribution is 7.22. The molecule has 3 aromatic carbocycles. The Morgan fingerprint density at radius 2 is 1.69 bits per heavy atom. The summed E-state index contributed by atoms with van der Waals surface area (Å²) < 4.78 is 0.890. The summed E-state index contributed by atoms with van der Waals surface area (Å²) >= 11 is 7.81. The number of aryl methyl sites for hydroxylation is 1. The van der Waals surface area contributed by atoms with Crippen LogP contribution in [0.25, 0.3) is 16.0 Å². The van der Waals surface area contributed by atoms with Gasteiger partial charge in [0.2, 0.25) is 0 Å². The number of carbonyl (C=O) groups excluding carboxylic acids is 2. The number of Topliss-reactive ketones (excluding diaryl/α,β-unsaturated/α-hetero) is 1. The maximum absolute atomic E-state index is 13.2. The van der Waals surface area contributed by atoms with E-state index in [1.165, 1.54) is 16.2 Å². The topological polar surface area (TPSA) is 70.5 Å². The minimum Gasteiger partial charge on any atom is -0.507 e. The molecule has 0 radical (unpaired) electrons. The fraction of sp³-hybridized carbons (Fsp3) is 0.0800. The minimum absolute atomic E-state index is 0.00814. The van der Waals surface area contributed by atoms with Crippen LogP contribution in [0.15, 0.2) is 78.4 Å². The van der Waals surface area contributed by atoms with Crippen molar-refractivity contribution in [3.05, 3.63) is 100 Å². The number of amides is 1. The average molecular weight is 461 g/mol. The number of aromatic nitrogens is 1. The van der Waals surface area contributed by atoms with E-state index < -0.39 is 17.7 Å². The lowest BCUT2D eigenvalue weighted by molar-refractivity contribution is -0.132. The minimum atomic E-state index is -0.898. The number of carbonyl (C=O) groups is 2. The zero-order valence-electron chi connectivity index (χ0n) is 16.9. The Hall–Kier alpha value is -3.48. The number of hydrogen-bond acceptors (Lipinski definition) is 5. The highest BCUT2D eigenvalue weighted by Crippen LogP contribution is 2.45. The molecule has 0 saturated carbocycles. The predicted octanol–water partition coefficient (Wildman–Crippen LogP) is 5.88. The molecule has 1 aliphatic heterocycles. The van der Waals surface area contributed by atoms with Crippen molar-refractivity contribution in [3.63, 3.8) is 0 Å². The van der Waals surface area contributed by atoms with Crippen molar-refractivity contribution in [2.75, 3.05) is 4.90 Å². The molecule has 32 heavy (non-hydrogen) atoms. The van der Waals surface area contributed by atoms with Gasteiger partial charge in [0, 0.05) is 10.6 Å². The van der Waals surface area contributed by atoms with Crippen molar-refractivity contribution >= 4 is 55.7 Å². The number of aliphatic hydroxyl groups is 1. The van der Waals surface area contributed by atoms with Gasteiger partial charge in [-0.3, -0.25) is 14.5 Å². The number of benzene rings is 3. The first kappa shape index (κ1) is 20.4. The van der Waals surface area contributed by atoms with Gasteiger partial charge >= 0.3 is 5.91 Å². The van der Waals surface area contributed by atoms with Gasteiger partial charge in [-0.15, -0.1) is 0 Å². The average Bonchev–Trinajstić information content (AvgIpc) is 3.33. The Balaban J connectivity index is 1.75. The Kier molecular flexibility index (Phi) is 5.04. The largest absolute Gasteiger partial charge is 0.507 e. The first-order valence-electron chi connectivity index (χ1n) is 9.94. The summed E-state index contributed by atoms with van der Waals surface area (Å²) in [5, 5.41) is 11.9. The molecule has 5 nitrogen and oxygen atoms in total. The molecule has 158 valence electrons. The van der Waals surface area contributed by atoms with E-state index in [1.807, 2.05) is 43.3 Å². The number of ketones is 1. The summed E-state index contributed by atoms with van der Waals surface area (Å²) in [6.07, 6.45) is 0. The number of aliphatic hydroxyl groups excluding tert-OH is 1. The van der Waals surface area contributed by atoms with E-state index in [4.69, 9.17) is 11.6 Å². The summed E-state index contributed by atoms with van der Waals surface area (Å²) in [5.41, 5.74) is 2.73. The summed E-state index contributed by atoms with van der Waals surface area (Å²) in [4.78, 5) is 32.4. The molecule has 0 spiro atoms. The van der Waals surface area contributed by atoms with Gasteiger partial charge < -0.3 is 5.11 Å². The lowest BCUT2D eigenvalue weighted by atomic mass is 9.95. The van der Waals surface area contributed by atoms with E-state index in [2.05, 4.69) is 4.98 Å². The number of fused-ring (bicyclic) bond motifs is 1. The van der Waals surface area contributed by atoms with Crippen molar-refractivity contribution in [2.24, 2.45) is 0 Å². The summed E-state index contributed by atoms with van der Waals surface area (Å²) in [5.74, 6) is -1.76. The van der Waals surface area contributed by atoms with E-state index in [9.17, 15) is 14.7 Å². The van der Waals surface area contributed by atoms with Crippen molar-refractivity contribution in [1.29, 1.82) is 0 Å². The lowest BCUT2D eigenvalue weighted by Gasteiger charge is -2.23. The van der Waals surface area contributed by atoms with Crippen LogP contribution >= 0.6 is 22.9 Å². The Bertz CT molecular complexity index is 1380. The number of hydrogen-bond donors (Lipinski definition) is 1. The molecule has 0 aliphatic carbocycles. The highest BCUT2D eigenvalue weighted by Gasteiger charge is 2.48. The van der Waals surface area contributed by atoms with Crippen molar-refractivity contribution in [3.8, 4) is 0 Å². The normalized spacial score (nSPS) is 17.9. The van der Waals surface area contributed by atoms with E-state index in [0.717, 1.165) is 15.8 Å². The fourth-order valence-electron chi connectivity index (χ4n) is 3.85. The Morgan fingerprint density at radius 3 is 2.41 bits per heavy atom. The van der Waals surface area contributed by atoms with Crippen LogP contribution in [0, 0.1) is 6.92 Å². The fourth-order valence-corrected chi connectivity index (χ4v) is 5.08. The quantitative estimate of drug-likeness (QED) is 0.235. The summed E-state index contributed by atoms with van der Waals surface area (Å²) in [7, 11) is 0. The monoisotopic (exact) mass is 460 g/mol. The number of anilines is 1. The van der Waals surface area contributed by atoms with Crippen LogP contribution in [-0.2, 0) is 9.59 Å². The van der Waals surface area contributed by atoms with Gasteiger partial charge in [0.05, 0.1) is 21.8 Å². The number of rotatable bonds is 3. The lowest BCUT2D eigenvalue weighted by Crippen LogP contribution is -2.29. The third-order valence-corrected chi connectivity index (χ3v) is 6.84. The molecule has 4 aromatic rings. The van der Waals surface area contributed by atoms with Gasteiger partial charge in [-0.05, 0) is 30.7 Å². The number of nitrogens with zero attached hydrogens (tertiary/aromatic N) is 2. The summed E-state index contributed by atoms with van der Waals surface area (Å²) in [6.45, 7) is 1.93. The molecule has 5 rings (SSSR count). The van der Waals surface area contributed by atoms with Gasteiger partial charge in [0.15, 0.2) is 5.13 Å². The molecule has 7 heteroatoms. The van der Waals surface area contributed by atoms with Gasteiger partial charge in [-0.1, -0.05) is 83.1 Å². The molecule has 0 bridgehead atoms. The van der Waals surface area contributed by atoms with Crippen LogP contribution in [-0.4, -0.2) is 21.8 Å². The Morgan fingerprint density at radius 1 is 1.00 bits per heavy atom. The molecule has 1 aliphatic rings. The molecule has 0 unspecified atom stereocenters. The highest BCUT2D eigenvalue weighted by atomic mass is 35.5. The second kappa shape index (κ2) is 7.89. The third kappa shape index (κ3) is 3.28. The molecule has 1 saturated heterocycles. The second-order valence-electron chi connectivity index (χ2n) is 7.52. The zero-order chi connectivity index (χ0) is 22.4. The summed E-state index contributed by atoms with van der Waals surface area (Å²) in [6, 6.07) is 20.7. The first-order chi connectivity index (χ1) is 15.5. The molecular weight excluding hydrogens is 444 g/mol. The molecule has 2 heterocycles.